The maximum Gasteiger partial charge on any atom is 0.396 e. The van der Waals surface area contributed by atoms with Crippen molar-refractivity contribution in [3.8, 4) is 28.3 Å². The third kappa shape index (κ3) is 3.81. The van der Waals surface area contributed by atoms with Gasteiger partial charge >= 0.3 is 6.18 Å². The molecule has 0 unspecified atom stereocenters. The number of methoxy groups -OCH3 is 1. The molecule has 3 heterocycles. The highest BCUT2D eigenvalue weighted by Gasteiger charge is 2.58. The Balaban J connectivity index is 1.52. The van der Waals surface area contributed by atoms with Crippen LogP contribution < -0.4 is 4.74 Å². The number of pyridine rings is 1. The predicted octanol–water partition coefficient (Wildman–Crippen LogP) is 5.60. The maximum absolute atomic E-state index is 13.6. The van der Waals surface area contributed by atoms with Crippen LogP contribution in [0.15, 0.2) is 48.8 Å². The lowest BCUT2D eigenvalue weighted by Crippen LogP contribution is -2.47. The molecule has 4 aromatic rings. The van der Waals surface area contributed by atoms with Crippen molar-refractivity contribution in [3.63, 3.8) is 0 Å². The molecule has 0 atom stereocenters. The van der Waals surface area contributed by atoms with E-state index in [-0.39, 0.29) is 19.4 Å². The molecule has 1 aliphatic carbocycles. The van der Waals surface area contributed by atoms with Crippen molar-refractivity contribution in [2.24, 2.45) is 5.41 Å². The molecule has 6 nitrogen and oxygen atoms in total. The van der Waals surface area contributed by atoms with Crippen molar-refractivity contribution in [1.82, 2.24) is 25.0 Å². The molecule has 1 saturated carbocycles. The van der Waals surface area contributed by atoms with Gasteiger partial charge in [-0.2, -0.15) is 18.3 Å². The van der Waals surface area contributed by atoms with Gasteiger partial charge in [0.1, 0.15) is 0 Å². The fourth-order valence-electron chi connectivity index (χ4n) is 4.31. The average Bonchev–Trinajstić information content (AvgIpc) is 3.23. The molecule has 0 saturated heterocycles. The molecule has 5 rings (SSSR count). The van der Waals surface area contributed by atoms with Gasteiger partial charge < -0.3 is 4.74 Å². The van der Waals surface area contributed by atoms with Crippen LogP contribution in [0.1, 0.15) is 25.0 Å². The number of hydrogen-bond acceptors (Lipinski definition) is 5. The lowest BCUT2D eigenvalue weighted by atomic mass is 9.68. The van der Waals surface area contributed by atoms with Crippen LogP contribution in [0.4, 0.5) is 13.2 Å². The van der Waals surface area contributed by atoms with Crippen LogP contribution in [0.5, 0.6) is 5.88 Å². The molecule has 0 bridgehead atoms. The topological polar surface area (TPSA) is 65.7 Å². The van der Waals surface area contributed by atoms with E-state index < -0.39 is 11.6 Å². The Bertz CT molecular complexity index is 1330. The lowest BCUT2D eigenvalue weighted by Gasteiger charge is -2.42. The molecule has 1 aromatic carbocycles. The van der Waals surface area contributed by atoms with Crippen LogP contribution in [0.25, 0.3) is 33.3 Å². The number of ether oxygens (including phenoxy) is 1. The second-order valence-corrected chi connectivity index (χ2v) is 8.57. The van der Waals surface area contributed by atoms with Gasteiger partial charge in [-0.1, -0.05) is 24.6 Å². The lowest BCUT2D eigenvalue weighted by molar-refractivity contribution is -0.256. The number of aryl methyl sites for hydroxylation is 1. The zero-order valence-electron chi connectivity index (χ0n) is 18.2. The van der Waals surface area contributed by atoms with Crippen molar-refractivity contribution in [3.05, 3.63) is 54.5 Å². The Morgan fingerprint density at radius 2 is 1.88 bits per heavy atom. The van der Waals surface area contributed by atoms with Gasteiger partial charge in [-0.05, 0) is 31.9 Å². The zero-order valence-corrected chi connectivity index (χ0v) is 18.2. The first-order chi connectivity index (χ1) is 15.8. The van der Waals surface area contributed by atoms with E-state index in [1.807, 2.05) is 37.3 Å². The SMILES string of the molecule is COc1cc2ccc(-c3nc(C)ccc3-c3cnn(CC4(C(F)(F)F)CCC4)c3)cc2nn1. The second-order valence-electron chi connectivity index (χ2n) is 8.57. The molecule has 0 N–H and O–H groups in total. The molecule has 0 amide bonds. The predicted molar refractivity (Wildman–Crippen MR) is 118 cm³/mol. The van der Waals surface area contributed by atoms with Crippen molar-refractivity contribution >= 4 is 10.9 Å². The van der Waals surface area contributed by atoms with E-state index in [1.165, 1.54) is 11.8 Å². The molecule has 33 heavy (non-hydrogen) atoms. The van der Waals surface area contributed by atoms with Crippen LogP contribution in [-0.2, 0) is 6.54 Å². The van der Waals surface area contributed by atoms with Crippen LogP contribution in [0, 0.1) is 12.3 Å². The summed E-state index contributed by atoms with van der Waals surface area (Å²) < 4.78 is 47.4. The second kappa shape index (κ2) is 7.83. The van der Waals surface area contributed by atoms with E-state index in [1.54, 1.807) is 18.5 Å². The Morgan fingerprint density at radius 3 is 2.58 bits per heavy atom. The Labute approximate surface area is 188 Å². The molecule has 3 aromatic heterocycles. The van der Waals surface area contributed by atoms with Crippen molar-refractivity contribution < 1.29 is 17.9 Å². The maximum atomic E-state index is 13.6. The van der Waals surface area contributed by atoms with Gasteiger partial charge in [0.15, 0.2) is 0 Å². The monoisotopic (exact) mass is 453 g/mol. The fraction of sp³-hybridized carbons (Fsp3) is 0.333. The summed E-state index contributed by atoms with van der Waals surface area (Å²) in [6.45, 7) is 1.73. The quantitative estimate of drug-likeness (QED) is 0.393. The van der Waals surface area contributed by atoms with Gasteiger partial charge in [0.25, 0.3) is 0 Å². The number of hydrogen-bond donors (Lipinski definition) is 0. The minimum Gasteiger partial charge on any atom is -0.480 e. The first kappa shape index (κ1) is 21.4. The van der Waals surface area contributed by atoms with Gasteiger partial charge in [0.2, 0.25) is 5.88 Å². The summed E-state index contributed by atoms with van der Waals surface area (Å²) in [5.41, 5.74) is 2.89. The van der Waals surface area contributed by atoms with E-state index in [0.717, 1.165) is 27.8 Å². The summed E-state index contributed by atoms with van der Waals surface area (Å²) in [4.78, 5) is 4.72. The van der Waals surface area contributed by atoms with E-state index in [2.05, 4.69) is 15.3 Å². The number of rotatable bonds is 5. The molecular formula is C24H22F3N5O. The van der Waals surface area contributed by atoms with Crippen molar-refractivity contribution in [1.29, 1.82) is 0 Å². The van der Waals surface area contributed by atoms with E-state index in [9.17, 15) is 13.2 Å². The highest BCUT2D eigenvalue weighted by molar-refractivity contribution is 5.88. The van der Waals surface area contributed by atoms with Gasteiger partial charge in [-0.3, -0.25) is 9.67 Å². The summed E-state index contributed by atoms with van der Waals surface area (Å²) in [7, 11) is 1.54. The van der Waals surface area contributed by atoms with Gasteiger partial charge in [-0.25, -0.2) is 0 Å². The van der Waals surface area contributed by atoms with E-state index >= 15 is 0 Å². The standard InChI is InChI=1S/C24H22F3N5O/c1-15-4-7-19(18-12-28-32(13-18)14-23(8-3-9-23)24(25,26)27)22(29-15)17-6-5-16-11-21(33-2)31-30-20(16)10-17/h4-7,10-13H,3,8-9,14H2,1-2H3. The summed E-state index contributed by atoms with van der Waals surface area (Å²) in [5.74, 6) is 0.431. The first-order valence-electron chi connectivity index (χ1n) is 10.7. The summed E-state index contributed by atoms with van der Waals surface area (Å²) in [6.07, 6.45) is -0.0747. The Hall–Kier alpha value is -3.49. The molecule has 0 spiro atoms. The zero-order chi connectivity index (χ0) is 23.2. The number of aromatic nitrogens is 5. The minimum absolute atomic E-state index is 0.145. The Morgan fingerprint density at radius 1 is 1.06 bits per heavy atom. The summed E-state index contributed by atoms with van der Waals surface area (Å²) in [6, 6.07) is 11.4. The number of benzene rings is 1. The van der Waals surface area contributed by atoms with Crippen LogP contribution in [0.2, 0.25) is 0 Å². The third-order valence-corrected chi connectivity index (χ3v) is 6.40. The first-order valence-corrected chi connectivity index (χ1v) is 10.7. The van der Waals surface area contributed by atoms with Crippen LogP contribution in [-0.4, -0.2) is 38.2 Å². The fourth-order valence-corrected chi connectivity index (χ4v) is 4.31. The molecule has 0 aliphatic heterocycles. The third-order valence-electron chi connectivity index (χ3n) is 6.40. The van der Waals surface area contributed by atoms with E-state index in [4.69, 9.17) is 9.72 Å². The highest BCUT2D eigenvalue weighted by Crippen LogP contribution is 2.54. The van der Waals surface area contributed by atoms with Crippen LogP contribution in [0.3, 0.4) is 0 Å². The molecule has 170 valence electrons. The van der Waals surface area contributed by atoms with Crippen molar-refractivity contribution in [2.75, 3.05) is 7.11 Å². The number of fused-ring (bicyclic) bond motifs is 1. The number of nitrogens with zero attached hydrogens (tertiary/aromatic N) is 5. The molecule has 1 aliphatic rings. The minimum atomic E-state index is -4.23. The summed E-state index contributed by atoms with van der Waals surface area (Å²) >= 11 is 0. The number of halogens is 3. The molecule has 9 heteroatoms. The van der Waals surface area contributed by atoms with Gasteiger partial charge in [-0.15, -0.1) is 10.2 Å². The largest absolute Gasteiger partial charge is 0.480 e. The molecule has 1 fully saturated rings. The molecular weight excluding hydrogens is 431 g/mol. The normalized spacial score (nSPS) is 15.4. The van der Waals surface area contributed by atoms with E-state index in [0.29, 0.717) is 23.5 Å². The van der Waals surface area contributed by atoms with Crippen LogP contribution >= 0.6 is 0 Å². The average molecular weight is 453 g/mol. The highest BCUT2D eigenvalue weighted by atomic mass is 19.4. The van der Waals surface area contributed by atoms with Crippen molar-refractivity contribution in [2.45, 2.75) is 38.9 Å². The number of alkyl halides is 3. The van der Waals surface area contributed by atoms with Gasteiger partial charge in [0, 0.05) is 40.0 Å². The Kier molecular flexibility index (Phi) is 5.07. The van der Waals surface area contributed by atoms with Gasteiger partial charge in [0.05, 0.1) is 36.5 Å². The smallest absolute Gasteiger partial charge is 0.396 e. The molecule has 0 radical (unpaired) electrons. The summed E-state index contributed by atoms with van der Waals surface area (Å²) in [5, 5.41) is 13.4.